The van der Waals surface area contributed by atoms with E-state index in [1.54, 1.807) is 10.7 Å². The number of hydrogen-bond acceptors (Lipinski definition) is 2. The predicted molar refractivity (Wildman–Crippen MR) is 68.4 cm³/mol. The number of nitrogens with two attached hydrogens (primary N) is 1. The molecule has 0 atom stereocenters. The minimum Gasteiger partial charge on any atom is -0.382 e. The lowest BCUT2D eigenvalue weighted by Crippen LogP contribution is -1.97. The molecule has 0 aliphatic heterocycles. The normalized spacial score (nSPS) is 10.4. The summed E-state index contributed by atoms with van der Waals surface area (Å²) in [5, 5.41) is 4.14. The lowest BCUT2D eigenvalue weighted by Gasteiger charge is -2.04. The van der Waals surface area contributed by atoms with E-state index in [-0.39, 0.29) is 0 Å². The van der Waals surface area contributed by atoms with Crippen LogP contribution in [-0.2, 0) is 0 Å². The Balaban J connectivity index is 2.55. The van der Waals surface area contributed by atoms with E-state index in [2.05, 4.69) is 43.6 Å². The number of hydrogen-bond donors (Lipinski definition) is 1. The van der Waals surface area contributed by atoms with Crippen molar-refractivity contribution >= 4 is 44.3 Å². The maximum atomic E-state index is 5.55. The standard InChI is InChI=1S/C9H7BrIN3/c10-7-2-1-6(11)5-8(7)14-4-3-9(12)13-14/h1-5H,(H2,12,13). The molecule has 1 aromatic heterocycles. The molecule has 0 radical (unpaired) electrons. The van der Waals surface area contributed by atoms with Crippen LogP contribution in [0.4, 0.5) is 5.82 Å². The number of anilines is 1. The van der Waals surface area contributed by atoms with E-state index in [1.165, 1.54) is 0 Å². The molecule has 0 unspecified atom stereocenters. The van der Waals surface area contributed by atoms with Crippen LogP contribution in [0.1, 0.15) is 0 Å². The van der Waals surface area contributed by atoms with Gasteiger partial charge in [-0.25, -0.2) is 4.68 Å². The van der Waals surface area contributed by atoms with Crippen LogP contribution in [0, 0.1) is 3.57 Å². The van der Waals surface area contributed by atoms with Gasteiger partial charge in [-0.05, 0) is 56.7 Å². The molecule has 2 rings (SSSR count). The molecule has 0 spiro atoms. The molecule has 0 amide bonds. The van der Waals surface area contributed by atoms with E-state index >= 15 is 0 Å². The molecule has 3 nitrogen and oxygen atoms in total. The molecule has 72 valence electrons. The zero-order valence-electron chi connectivity index (χ0n) is 7.11. The Morgan fingerprint density at radius 3 is 2.79 bits per heavy atom. The Labute approximate surface area is 104 Å². The third-order valence-electron chi connectivity index (χ3n) is 1.76. The molecular weight excluding hydrogens is 357 g/mol. The molecule has 0 saturated heterocycles. The van der Waals surface area contributed by atoms with Gasteiger partial charge < -0.3 is 5.73 Å². The highest BCUT2D eigenvalue weighted by Crippen LogP contribution is 2.23. The van der Waals surface area contributed by atoms with Crippen LogP contribution in [0.2, 0.25) is 0 Å². The molecule has 5 heteroatoms. The average molecular weight is 364 g/mol. The molecular formula is C9H7BrIN3. The molecule has 0 fully saturated rings. The van der Waals surface area contributed by atoms with Gasteiger partial charge in [-0.1, -0.05) is 0 Å². The summed E-state index contributed by atoms with van der Waals surface area (Å²) in [6.45, 7) is 0. The van der Waals surface area contributed by atoms with Gasteiger partial charge in [0.15, 0.2) is 0 Å². The minimum atomic E-state index is 0.524. The first-order valence-corrected chi connectivity index (χ1v) is 5.80. The molecule has 0 bridgehead atoms. The maximum absolute atomic E-state index is 5.55. The Hall–Kier alpha value is -0.560. The van der Waals surface area contributed by atoms with Crippen molar-refractivity contribution in [2.75, 3.05) is 5.73 Å². The zero-order chi connectivity index (χ0) is 10.1. The fourth-order valence-electron chi connectivity index (χ4n) is 1.13. The second kappa shape index (κ2) is 3.90. The fraction of sp³-hybridized carbons (Fsp3) is 0. The van der Waals surface area contributed by atoms with Gasteiger partial charge in [0.1, 0.15) is 5.82 Å². The van der Waals surface area contributed by atoms with E-state index in [1.807, 2.05) is 24.4 Å². The van der Waals surface area contributed by atoms with E-state index in [9.17, 15) is 0 Å². The summed E-state index contributed by atoms with van der Waals surface area (Å²) >= 11 is 5.73. The first-order valence-electron chi connectivity index (χ1n) is 3.93. The number of benzene rings is 1. The van der Waals surface area contributed by atoms with Gasteiger partial charge in [-0.2, -0.15) is 5.10 Å². The van der Waals surface area contributed by atoms with Crippen molar-refractivity contribution < 1.29 is 0 Å². The lowest BCUT2D eigenvalue weighted by molar-refractivity contribution is 0.880. The second-order valence-corrected chi connectivity index (χ2v) is 4.88. The number of aromatic nitrogens is 2. The first kappa shape index (κ1) is 9.97. The Morgan fingerprint density at radius 1 is 1.36 bits per heavy atom. The fourth-order valence-corrected chi connectivity index (χ4v) is 2.04. The van der Waals surface area contributed by atoms with Crippen LogP contribution in [0.3, 0.4) is 0 Å². The van der Waals surface area contributed by atoms with Gasteiger partial charge in [0.25, 0.3) is 0 Å². The Morgan fingerprint density at radius 2 is 2.14 bits per heavy atom. The average Bonchev–Trinajstić information content (AvgIpc) is 2.56. The first-order chi connectivity index (χ1) is 6.66. The van der Waals surface area contributed by atoms with Crippen molar-refractivity contribution in [3.63, 3.8) is 0 Å². The van der Waals surface area contributed by atoms with Crippen molar-refractivity contribution in [3.8, 4) is 5.69 Å². The van der Waals surface area contributed by atoms with Gasteiger partial charge in [0.2, 0.25) is 0 Å². The van der Waals surface area contributed by atoms with Crippen molar-refractivity contribution in [2.24, 2.45) is 0 Å². The largest absolute Gasteiger partial charge is 0.382 e. The van der Waals surface area contributed by atoms with Gasteiger partial charge in [-0.15, -0.1) is 0 Å². The Kier molecular flexibility index (Phi) is 2.78. The van der Waals surface area contributed by atoms with Crippen molar-refractivity contribution in [1.82, 2.24) is 9.78 Å². The maximum Gasteiger partial charge on any atom is 0.145 e. The SMILES string of the molecule is Nc1ccn(-c2cc(I)ccc2Br)n1. The van der Waals surface area contributed by atoms with Crippen LogP contribution >= 0.6 is 38.5 Å². The summed E-state index contributed by atoms with van der Waals surface area (Å²) in [4.78, 5) is 0. The Bertz CT molecular complexity index is 467. The lowest BCUT2D eigenvalue weighted by atomic mass is 10.3. The van der Waals surface area contributed by atoms with Crippen molar-refractivity contribution in [3.05, 3.63) is 38.5 Å². The monoisotopic (exact) mass is 363 g/mol. The van der Waals surface area contributed by atoms with E-state index < -0.39 is 0 Å². The summed E-state index contributed by atoms with van der Waals surface area (Å²) in [5.74, 6) is 0.524. The second-order valence-electron chi connectivity index (χ2n) is 2.78. The third kappa shape index (κ3) is 1.93. The summed E-state index contributed by atoms with van der Waals surface area (Å²) in [7, 11) is 0. The molecule has 0 aliphatic carbocycles. The smallest absolute Gasteiger partial charge is 0.145 e. The molecule has 2 N–H and O–H groups in total. The minimum absolute atomic E-state index is 0.524. The highest BCUT2D eigenvalue weighted by molar-refractivity contribution is 14.1. The molecule has 0 saturated carbocycles. The highest BCUT2D eigenvalue weighted by Gasteiger charge is 2.03. The van der Waals surface area contributed by atoms with Crippen LogP contribution in [0.25, 0.3) is 5.69 Å². The van der Waals surface area contributed by atoms with Crippen LogP contribution in [-0.4, -0.2) is 9.78 Å². The quantitative estimate of drug-likeness (QED) is 0.792. The van der Waals surface area contributed by atoms with Crippen LogP contribution in [0.5, 0.6) is 0 Å². The number of nitrogen functional groups attached to an aromatic ring is 1. The summed E-state index contributed by atoms with van der Waals surface area (Å²) in [6, 6.07) is 7.83. The van der Waals surface area contributed by atoms with E-state index in [0.29, 0.717) is 5.82 Å². The van der Waals surface area contributed by atoms with E-state index in [0.717, 1.165) is 13.7 Å². The molecule has 1 heterocycles. The molecule has 14 heavy (non-hydrogen) atoms. The number of rotatable bonds is 1. The number of halogens is 2. The summed E-state index contributed by atoms with van der Waals surface area (Å²) in [5.41, 5.74) is 6.55. The molecule has 1 aromatic carbocycles. The molecule has 2 aromatic rings. The predicted octanol–water partition coefficient (Wildman–Crippen LogP) is 2.82. The van der Waals surface area contributed by atoms with Gasteiger partial charge in [-0.3, -0.25) is 0 Å². The van der Waals surface area contributed by atoms with Crippen LogP contribution < -0.4 is 5.73 Å². The number of nitrogens with zero attached hydrogens (tertiary/aromatic N) is 2. The highest BCUT2D eigenvalue weighted by atomic mass is 127. The topological polar surface area (TPSA) is 43.8 Å². The third-order valence-corrected chi connectivity index (χ3v) is 3.11. The summed E-state index contributed by atoms with van der Waals surface area (Å²) in [6.07, 6.45) is 1.84. The van der Waals surface area contributed by atoms with Crippen molar-refractivity contribution in [1.29, 1.82) is 0 Å². The van der Waals surface area contributed by atoms with Gasteiger partial charge >= 0.3 is 0 Å². The van der Waals surface area contributed by atoms with Gasteiger partial charge in [0, 0.05) is 20.3 Å². The van der Waals surface area contributed by atoms with E-state index in [4.69, 9.17) is 5.73 Å². The van der Waals surface area contributed by atoms with Crippen LogP contribution in [0.15, 0.2) is 34.9 Å². The summed E-state index contributed by atoms with van der Waals surface area (Å²) < 4.78 is 3.91. The van der Waals surface area contributed by atoms with Crippen molar-refractivity contribution in [2.45, 2.75) is 0 Å². The zero-order valence-corrected chi connectivity index (χ0v) is 10.9. The molecule has 0 aliphatic rings. The van der Waals surface area contributed by atoms with Gasteiger partial charge in [0.05, 0.1) is 5.69 Å².